The number of ether oxygens (including phenoxy) is 2. The fourth-order valence-electron chi connectivity index (χ4n) is 3.94. The molecule has 0 atom stereocenters. The molecular formula is C27H21NO6. The van der Waals surface area contributed by atoms with Crippen molar-refractivity contribution < 1.29 is 23.2 Å². The van der Waals surface area contributed by atoms with Crippen molar-refractivity contribution in [1.82, 2.24) is 5.16 Å². The maximum absolute atomic E-state index is 12.8. The van der Waals surface area contributed by atoms with E-state index in [9.17, 15) is 9.59 Å². The molecule has 34 heavy (non-hydrogen) atoms. The van der Waals surface area contributed by atoms with E-state index in [0.29, 0.717) is 28.2 Å². The zero-order valence-electron chi connectivity index (χ0n) is 18.7. The molecule has 0 fully saturated rings. The van der Waals surface area contributed by atoms with Crippen molar-refractivity contribution in [3.8, 4) is 5.75 Å². The number of carbonyl (C=O) groups is 1. The molecule has 0 N–H and O–H groups in total. The Morgan fingerprint density at radius 3 is 2.65 bits per heavy atom. The highest BCUT2D eigenvalue weighted by atomic mass is 16.5. The van der Waals surface area contributed by atoms with Crippen LogP contribution in [0.5, 0.6) is 5.75 Å². The summed E-state index contributed by atoms with van der Waals surface area (Å²) in [5, 5.41) is 6.59. The normalized spacial score (nSPS) is 11.1. The van der Waals surface area contributed by atoms with Gasteiger partial charge < -0.3 is 18.4 Å². The standard InChI is InChI=1S/C27H21NO6/c1-16-23(17(2)34-28-16)15-31-21-8-5-7-19(12-21)27(30)32-14-20-13-25(29)33-24-11-10-18-6-3-4-9-22(18)26(20)24/h3-13H,14-15H2,1-2H3. The van der Waals surface area contributed by atoms with E-state index in [0.717, 1.165) is 27.4 Å². The summed E-state index contributed by atoms with van der Waals surface area (Å²) >= 11 is 0. The third-order valence-corrected chi connectivity index (χ3v) is 5.71. The lowest BCUT2D eigenvalue weighted by atomic mass is 10.0. The van der Waals surface area contributed by atoms with E-state index in [1.165, 1.54) is 6.07 Å². The molecule has 0 unspecified atom stereocenters. The van der Waals surface area contributed by atoms with E-state index >= 15 is 0 Å². The molecule has 2 aromatic heterocycles. The van der Waals surface area contributed by atoms with E-state index in [-0.39, 0.29) is 13.2 Å². The third kappa shape index (κ3) is 4.15. The van der Waals surface area contributed by atoms with Crippen LogP contribution in [0.15, 0.2) is 80.5 Å². The molecule has 5 aromatic rings. The van der Waals surface area contributed by atoms with Gasteiger partial charge in [-0.1, -0.05) is 41.6 Å². The summed E-state index contributed by atoms with van der Waals surface area (Å²) in [7, 11) is 0. The van der Waals surface area contributed by atoms with Gasteiger partial charge in [-0.05, 0) is 48.9 Å². The van der Waals surface area contributed by atoms with Crippen molar-refractivity contribution in [2.45, 2.75) is 27.1 Å². The van der Waals surface area contributed by atoms with Crippen LogP contribution in [-0.2, 0) is 18.0 Å². The molecule has 0 aliphatic carbocycles. The van der Waals surface area contributed by atoms with Gasteiger partial charge in [0.2, 0.25) is 0 Å². The second-order valence-electron chi connectivity index (χ2n) is 7.95. The van der Waals surface area contributed by atoms with Gasteiger partial charge in [0.05, 0.1) is 16.8 Å². The zero-order valence-corrected chi connectivity index (χ0v) is 18.7. The predicted molar refractivity (Wildman–Crippen MR) is 126 cm³/mol. The first-order valence-electron chi connectivity index (χ1n) is 10.8. The van der Waals surface area contributed by atoms with Gasteiger partial charge >= 0.3 is 11.6 Å². The van der Waals surface area contributed by atoms with Crippen molar-refractivity contribution in [2.24, 2.45) is 0 Å². The quantitative estimate of drug-likeness (QED) is 0.190. The summed E-state index contributed by atoms with van der Waals surface area (Å²) in [6.07, 6.45) is 0. The molecule has 2 heterocycles. The molecule has 0 aliphatic rings. The fraction of sp³-hybridized carbons (Fsp3) is 0.148. The van der Waals surface area contributed by atoms with Crippen LogP contribution in [0.1, 0.15) is 32.9 Å². The number of aromatic nitrogens is 1. The minimum Gasteiger partial charge on any atom is -0.489 e. The Morgan fingerprint density at radius 1 is 0.971 bits per heavy atom. The van der Waals surface area contributed by atoms with Gasteiger partial charge in [-0.25, -0.2) is 9.59 Å². The molecule has 7 nitrogen and oxygen atoms in total. The zero-order chi connectivity index (χ0) is 23.7. The molecule has 0 radical (unpaired) electrons. The Balaban J connectivity index is 1.36. The van der Waals surface area contributed by atoms with Crippen LogP contribution >= 0.6 is 0 Å². The molecule has 0 bridgehead atoms. The van der Waals surface area contributed by atoms with Crippen LogP contribution in [0.3, 0.4) is 0 Å². The topological polar surface area (TPSA) is 91.8 Å². The summed E-state index contributed by atoms with van der Waals surface area (Å²) in [6.45, 7) is 3.88. The highest BCUT2D eigenvalue weighted by Gasteiger charge is 2.14. The fourth-order valence-corrected chi connectivity index (χ4v) is 3.94. The van der Waals surface area contributed by atoms with Crippen molar-refractivity contribution in [1.29, 1.82) is 0 Å². The van der Waals surface area contributed by atoms with Gasteiger partial charge in [0.1, 0.15) is 30.3 Å². The maximum Gasteiger partial charge on any atom is 0.338 e. The molecule has 0 spiro atoms. The van der Waals surface area contributed by atoms with Crippen LogP contribution in [0, 0.1) is 13.8 Å². The van der Waals surface area contributed by atoms with Gasteiger partial charge in [0.25, 0.3) is 0 Å². The van der Waals surface area contributed by atoms with Gasteiger partial charge in [0, 0.05) is 17.0 Å². The summed E-state index contributed by atoms with van der Waals surface area (Å²) in [5.74, 6) is 0.691. The van der Waals surface area contributed by atoms with Gasteiger partial charge in [-0.15, -0.1) is 0 Å². The molecule has 0 saturated carbocycles. The average molecular weight is 455 g/mol. The summed E-state index contributed by atoms with van der Waals surface area (Å²) in [5.41, 5.74) is 2.52. The molecule has 7 heteroatoms. The number of fused-ring (bicyclic) bond motifs is 3. The first-order chi connectivity index (χ1) is 16.5. The molecule has 3 aromatic carbocycles. The number of rotatable bonds is 6. The first kappa shape index (κ1) is 21.5. The van der Waals surface area contributed by atoms with Gasteiger partial charge in [-0.2, -0.15) is 0 Å². The van der Waals surface area contributed by atoms with E-state index < -0.39 is 11.6 Å². The summed E-state index contributed by atoms with van der Waals surface area (Å²) in [6, 6.07) is 19.5. The second-order valence-corrected chi connectivity index (χ2v) is 7.95. The van der Waals surface area contributed by atoms with Crippen LogP contribution in [0.25, 0.3) is 21.7 Å². The smallest absolute Gasteiger partial charge is 0.338 e. The van der Waals surface area contributed by atoms with Crippen molar-refractivity contribution >= 4 is 27.7 Å². The van der Waals surface area contributed by atoms with Gasteiger partial charge in [0.15, 0.2) is 0 Å². The first-order valence-corrected chi connectivity index (χ1v) is 10.8. The highest BCUT2D eigenvalue weighted by molar-refractivity contribution is 6.07. The van der Waals surface area contributed by atoms with Crippen molar-refractivity contribution in [2.75, 3.05) is 0 Å². The number of benzene rings is 3. The largest absolute Gasteiger partial charge is 0.489 e. The Bertz CT molecular complexity index is 1560. The van der Waals surface area contributed by atoms with Crippen LogP contribution in [0.2, 0.25) is 0 Å². The third-order valence-electron chi connectivity index (χ3n) is 5.71. The van der Waals surface area contributed by atoms with Crippen LogP contribution in [-0.4, -0.2) is 11.1 Å². The molecule has 170 valence electrons. The molecule has 0 saturated heterocycles. The number of carbonyl (C=O) groups excluding carboxylic acids is 1. The number of aryl methyl sites for hydroxylation is 2. The lowest BCUT2D eigenvalue weighted by molar-refractivity contribution is 0.0473. The number of hydrogen-bond acceptors (Lipinski definition) is 7. The number of nitrogens with zero attached hydrogens (tertiary/aromatic N) is 1. The minimum absolute atomic E-state index is 0.0703. The van der Waals surface area contributed by atoms with Crippen molar-refractivity contribution in [3.05, 3.63) is 105 Å². The van der Waals surface area contributed by atoms with E-state index in [2.05, 4.69) is 5.16 Å². The van der Waals surface area contributed by atoms with Crippen molar-refractivity contribution in [3.63, 3.8) is 0 Å². The SMILES string of the molecule is Cc1noc(C)c1COc1cccc(C(=O)OCc2cc(=O)oc3ccc4ccccc4c23)c1. The highest BCUT2D eigenvalue weighted by Crippen LogP contribution is 2.28. The molecule has 5 rings (SSSR count). The minimum atomic E-state index is -0.524. The Kier molecular flexibility index (Phi) is 5.59. The summed E-state index contributed by atoms with van der Waals surface area (Å²) < 4.78 is 21.9. The van der Waals surface area contributed by atoms with E-state index in [1.807, 2.05) is 44.2 Å². The van der Waals surface area contributed by atoms with E-state index in [4.69, 9.17) is 18.4 Å². The lowest BCUT2D eigenvalue weighted by Crippen LogP contribution is -2.08. The van der Waals surface area contributed by atoms with Gasteiger partial charge in [-0.3, -0.25) is 0 Å². The van der Waals surface area contributed by atoms with Crippen LogP contribution in [0.4, 0.5) is 0 Å². The molecule has 0 amide bonds. The Morgan fingerprint density at radius 2 is 1.82 bits per heavy atom. The number of esters is 1. The number of hydrogen-bond donors (Lipinski definition) is 0. The lowest BCUT2D eigenvalue weighted by Gasteiger charge is -2.11. The molecule has 0 aliphatic heterocycles. The Hall–Kier alpha value is -4.39. The predicted octanol–water partition coefficient (Wildman–Crippen LogP) is 5.49. The second kappa shape index (κ2) is 8.86. The summed E-state index contributed by atoms with van der Waals surface area (Å²) in [4.78, 5) is 24.9. The molecular weight excluding hydrogens is 434 g/mol. The Labute approximate surface area is 194 Å². The maximum atomic E-state index is 12.8. The monoisotopic (exact) mass is 455 g/mol. The van der Waals surface area contributed by atoms with E-state index in [1.54, 1.807) is 30.3 Å². The van der Waals surface area contributed by atoms with Crippen LogP contribution < -0.4 is 10.4 Å². The average Bonchev–Trinajstić information content (AvgIpc) is 3.17.